The number of aromatic nitrogens is 2. The van der Waals surface area contributed by atoms with E-state index in [1.54, 1.807) is 12.4 Å². The van der Waals surface area contributed by atoms with E-state index in [1.807, 2.05) is 61.5 Å². The van der Waals surface area contributed by atoms with Crippen LogP contribution in [0.4, 0.5) is 5.69 Å². The summed E-state index contributed by atoms with van der Waals surface area (Å²) in [5.74, 6) is 0.802. The van der Waals surface area contributed by atoms with Crippen molar-refractivity contribution in [2.24, 2.45) is 0 Å². The van der Waals surface area contributed by atoms with Crippen LogP contribution >= 0.6 is 11.6 Å². The van der Waals surface area contributed by atoms with Crippen LogP contribution < -0.4 is 5.32 Å². The van der Waals surface area contributed by atoms with Crippen LogP contribution in [0.1, 0.15) is 11.3 Å². The summed E-state index contributed by atoms with van der Waals surface area (Å²) in [5, 5.41) is 8.30. The molecule has 4 rings (SSSR count). The average Bonchev–Trinajstić information content (AvgIpc) is 3.08. The van der Waals surface area contributed by atoms with E-state index in [2.05, 4.69) is 21.5 Å². The number of nitrogens with zero attached hydrogens (tertiary/aromatic N) is 2. The van der Waals surface area contributed by atoms with Crippen LogP contribution in [0.2, 0.25) is 5.02 Å². The van der Waals surface area contributed by atoms with Gasteiger partial charge in [-0.05, 0) is 48.4 Å². The van der Waals surface area contributed by atoms with E-state index in [0.29, 0.717) is 11.6 Å². The molecule has 0 fully saturated rings. The van der Waals surface area contributed by atoms with Gasteiger partial charge in [0.15, 0.2) is 5.76 Å². The minimum absolute atomic E-state index is 0.554. The molecule has 0 amide bonds. The second kappa shape index (κ2) is 7.64. The summed E-state index contributed by atoms with van der Waals surface area (Å²) in [6.45, 7) is 2.58. The Bertz CT molecular complexity index is 1050. The first-order valence-electron chi connectivity index (χ1n) is 8.66. The quantitative estimate of drug-likeness (QED) is 0.466. The van der Waals surface area contributed by atoms with Gasteiger partial charge in [-0.25, -0.2) is 0 Å². The van der Waals surface area contributed by atoms with Gasteiger partial charge in [-0.3, -0.25) is 4.98 Å². The standard InChI is InChI=1S/C22H18ClN3O/c1-15-21(26-27-22(15)17-5-3-2-4-6-17)14-25-20-12-18(11-19(23)13-20)16-7-9-24-10-8-16/h2-13,25H,14H2,1H3. The van der Waals surface area contributed by atoms with Crippen LogP contribution in [-0.2, 0) is 6.54 Å². The molecule has 0 bridgehead atoms. The average molecular weight is 376 g/mol. The summed E-state index contributed by atoms with van der Waals surface area (Å²) in [4.78, 5) is 4.06. The fourth-order valence-electron chi connectivity index (χ4n) is 2.98. The predicted octanol–water partition coefficient (Wildman–Crippen LogP) is 5.98. The van der Waals surface area contributed by atoms with Gasteiger partial charge in [0.05, 0.1) is 6.54 Å². The van der Waals surface area contributed by atoms with Crippen molar-refractivity contribution in [2.75, 3.05) is 5.32 Å². The van der Waals surface area contributed by atoms with E-state index < -0.39 is 0 Å². The van der Waals surface area contributed by atoms with Gasteiger partial charge in [0.25, 0.3) is 0 Å². The smallest absolute Gasteiger partial charge is 0.170 e. The van der Waals surface area contributed by atoms with Crippen molar-refractivity contribution < 1.29 is 4.52 Å². The van der Waals surface area contributed by atoms with Crippen LogP contribution in [0.5, 0.6) is 0 Å². The summed E-state index contributed by atoms with van der Waals surface area (Å²) in [6.07, 6.45) is 3.54. The summed E-state index contributed by atoms with van der Waals surface area (Å²) >= 11 is 6.31. The SMILES string of the molecule is Cc1c(CNc2cc(Cl)cc(-c3ccncc3)c2)noc1-c1ccccc1. The third-order valence-corrected chi connectivity index (χ3v) is 4.65. The van der Waals surface area contributed by atoms with Crippen molar-refractivity contribution in [1.29, 1.82) is 0 Å². The van der Waals surface area contributed by atoms with Gasteiger partial charge in [0, 0.05) is 34.2 Å². The highest BCUT2D eigenvalue weighted by Gasteiger charge is 2.13. The second-order valence-electron chi connectivity index (χ2n) is 6.27. The highest BCUT2D eigenvalue weighted by Crippen LogP contribution is 2.29. The highest BCUT2D eigenvalue weighted by molar-refractivity contribution is 6.31. The van der Waals surface area contributed by atoms with E-state index in [4.69, 9.17) is 16.1 Å². The van der Waals surface area contributed by atoms with E-state index in [0.717, 1.165) is 39.4 Å². The Balaban J connectivity index is 1.55. The zero-order chi connectivity index (χ0) is 18.6. The Morgan fingerprint density at radius 1 is 0.926 bits per heavy atom. The maximum Gasteiger partial charge on any atom is 0.170 e. The van der Waals surface area contributed by atoms with Crippen molar-refractivity contribution in [3.8, 4) is 22.5 Å². The van der Waals surface area contributed by atoms with Crippen molar-refractivity contribution in [2.45, 2.75) is 13.5 Å². The molecule has 4 aromatic rings. The first-order chi connectivity index (χ1) is 13.2. The van der Waals surface area contributed by atoms with Crippen molar-refractivity contribution in [3.05, 3.63) is 89.3 Å². The predicted molar refractivity (Wildman–Crippen MR) is 109 cm³/mol. The molecule has 0 aliphatic rings. The Kier molecular flexibility index (Phi) is 4.90. The number of pyridine rings is 1. The molecule has 0 spiro atoms. The van der Waals surface area contributed by atoms with Gasteiger partial charge in [-0.2, -0.15) is 0 Å². The lowest BCUT2D eigenvalue weighted by atomic mass is 10.1. The summed E-state index contributed by atoms with van der Waals surface area (Å²) in [6, 6.07) is 19.8. The molecule has 2 aromatic heterocycles. The Morgan fingerprint density at radius 3 is 2.48 bits per heavy atom. The molecule has 0 saturated heterocycles. The largest absolute Gasteiger partial charge is 0.379 e. The number of hydrogen-bond donors (Lipinski definition) is 1. The van der Waals surface area contributed by atoms with Gasteiger partial charge in [0.2, 0.25) is 0 Å². The normalized spacial score (nSPS) is 10.7. The fraction of sp³-hybridized carbons (Fsp3) is 0.0909. The summed E-state index contributed by atoms with van der Waals surface area (Å²) < 4.78 is 5.56. The molecular formula is C22H18ClN3O. The van der Waals surface area contributed by atoms with Gasteiger partial charge in [0.1, 0.15) is 5.69 Å². The molecule has 0 saturated carbocycles. The second-order valence-corrected chi connectivity index (χ2v) is 6.70. The molecular weight excluding hydrogens is 358 g/mol. The van der Waals surface area contributed by atoms with E-state index in [1.165, 1.54) is 0 Å². The van der Waals surface area contributed by atoms with Crippen LogP contribution in [0.15, 0.2) is 77.6 Å². The fourth-order valence-corrected chi connectivity index (χ4v) is 3.22. The number of benzene rings is 2. The zero-order valence-corrected chi connectivity index (χ0v) is 15.6. The van der Waals surface area contributed by atoms with Crippen LogP contribution in [-0.4, -0.2) is 10.1 Å². The van der Waals surface area contributed by atoms with E-state index >= 15 is 0 Å². The minimum atomic E-state index is 0.554. The van der Waals surface area contributed by atoms with Crippen LogP contribution in [0.25, 0.3) is 22.5 Å². The van der Waals surface area contributed by atoms with Crippen molar-refractivity contribution in [3.63, 3.8) is 0 Å². The third kappa shape index (κ3) is 3.86. The lowest BCUT2D eigenvalue weighted by Crippen LogP contribution is -2.01. The maximum absolute atomic E-state index is 6.31. The number of nitrogens with one attached hydrogen (secondary N) is 1. The number of anilines is 1. The highest BCUT2D eigenvalue weighted by atomic mass is 35.5. The molecule has 2 aromatic carbocycles. The monoisotopic (exact) mass is 375 g/mol. The lowest BCUT2D eigenvalue weighted by molar-refractivity contribution is 0.424. The number of rotatable bonds is 5. The molecule has 0 atom stereocenters. The first-order valence-corrected chi connectivity index (χ1v) is 9.04. The zero-order valence-electron chi connectivity index (χ0n) is 14.8. The Hall–Kier alpha value is -3.11. The minimum Gasteiger partial charge on any atom is -0.379 e. The molecule has 0 aliphatic carbocycles. The van der Waals surface area contributed by atoms with E-state index in [9.17, 15) is 0 Å². The van der Waals surface area contributed by atoms with Gasteiger partial charge in [-0.1, -0.05) is 47.1 Å². The first kappa shape index (κ1) is 17.3. The molecule has 27 heavy (non-hydrogen) atoms. The van der Waals surface area contributed by atoms with Crippen LogP contribution in [0.3, 0.4) is 0 Å². The molecule has 0 aliphatic heterocycles. The Labute approximate surface area is 162 Å². The molecule has 1 N–H and O–H groups in total. The lowest BCUT2D eigenvalue weighted by Gasteiger charge is -2.09. The molecule has 134 valence electrons. The Morgan fingerprint density at radius 2 is 1.70 bits per heavy atom. The molecule has 0 unspecified atom stereocenters. The van der Waals surface area contributed by atoms with Crippen LogP contribution in [0, 0.1) is 6.92 Å². The van der Waals surface area contributed by atoms with Gasteiger partial charge < -0.3 is 9.84 Å². The van der Waals surface area contributed by atoms with Gasteiger partial charge in [-0.15, -0.1) is 0 Å². The van der Waals surface area contributed by atoms with E-state index in [-0.39, 0.29) is 0 Å². The molecule has 0 radical (unpaired) electrons. The molecule has 4 nitrogen and oxygen atoms in total. The van der Waals surface area contributed by atoms with Gasteiger partial charge >= 0.3 is 0 Å². The number of halogens is 1. The summed E-state index contributed by atoms with van der Waals surface area (Å²) in [7, 11) is 0. The van der Waals surface area contributed by atoms with Crippen molar-refractivity contribution >= 4 is 17.3 Å². The molecule has 2 heterocycles. The molecule has 5 heteroatoms. The maximum atomic E-state index is 6.31. The summed E-state index contributed by atoms with van der Waals surface area (Å²) in [5.41, 5.74) is 5.97. The number of hydrogen-bond acceptors (Lipinski definition) is 4. The third-order valence-electron chi connectivity index (χ3n) is 4.43. The topological polar surface area (TPSA) is 51.0 Å². The van der Waals surface area contributed by atoms with Crippen molar-refractivity contribution in [1.82, 2.24) is 10.1 Å².